The zero-order valence-electron chi connectivity index (χ0n) is 12.5. The lowest BCUT2D eigenvalue weighted by Crippen LogP contribution is -2.53. The van der Waals surface area contributed by atoms with Crippen LogP contribution in [0, 0.1) is 11.8 Å². The summed E-state index contributed by atoms with van der Waals surface area (Å²) in [6.07, 6.45) is 2.60. The van der Waals surface area contributed by atoms with E-state index in [0.29, 0.717) is 17.3 Å². The van der Waals surface area contributed by atoms with Gasteiger partial charge in [0.05, 0.1) is 0 Å². The van der Waals surface area contributed by atoms with Crippen LogP contribution in [0.4, 0.5) is 0 Å². The number of carbonyl (C=O) groups is 1. The summed E-state index contributed by atoms with van der Waals surface area (Å²) in [6.45, 7) is 4.34. The van der Waals surface area contributed by atoms with Crippen molar-refractivity contribution in [1.82, 2.24) is 14.8 Å². The predicted octanol–water partition coefficient (Wildman–Crippen LogP) is 0.592. The lowest BCUT2D eigenvalue weighted by Gasteiger charge is -2.38. The zero-order chi connectivity index (χ0) is 15.2. The van der Waals surface area contributed by atoms with Crippen LogP contribution in [-0.4, -0.2) is 65.1 Å². The number of carbonyl (C=O) groups excluding carboxylic acids is 1. The number of aliphatic hydroxyl groups excluding tert-OH is 1. The van der Waals surface area contributed by atoms with Crippen molar-refractivity contribution in [2.45, 2.75) is 19.4 Å². The standard InChI is InChI=1S/C16H21N3O2/c1-3-14-12-19(9-8-18(14)2)16(21)15-7-6-13(11-17-15)5-4-10-20/h6-7,11,14,20H,3,8-10,12H2,1-2H3. The van der Waals surface area contributed by atoms with E-state index in [0.717, 1.165) is 26.1 Å². The smallest absolute Gasteiger partial charge is 0.272 e. The molecule has 1 aliphatic heterocycles. The minimum atomic E-state index is -0.180. The van der Waals surface area contributed by atoms with Gasteiger partial charge >= 0.3 is 0 Å². The summed E-state index contributed by atoms with van der Waals surface area (Å²) in [5, 5.41) is 8.65. The highest BCUT2D eigenvalue weighted by atomic mass is 16.2. The number of aromatic nitrogens is 1. The van der Waals surface area contributed by atoms with Gasteiger partial charge in [0.15, 0.2) is 0 Å². The van der Waals surface area contributed by atoms with Gasteiger partial charge in [-0.05, 0) is 25.6 Å². The quantitative estimate of drug-likeness (QED) is 0.809. The van der Waals surface area contributed by atoms with E-state index in [1.807, 2.05) is 4.90 Å². The molecule has 0 radical (unpaired) electrons. The van der Waals surface area contributed by atoms with Gasteiger partial charge in [-0.1, -0.05) is 18.8 Å². The predicted molar refractivity (Wildman–Crippen MR) is 80.8 cm³/mol. The van der Waals surface area contributed by atoms with Crippen molar-refractivity contribution in [3.63, 3.8) is 0 Å². The van der Waals surface area contributed by atoms with Crippen molar-refractivity contribution >= 4 is 5.91 Å². The number of amides is 1. The average molecular weight is 287 g/mol. The van der Waals surface area contributed by atoms with Gasteiger partial charge in [-0.25, -0.2) is 4.98 Å². The fourth-order valence-electron chi connectivity index (χ4n) is 2.47. The number of pyridine rings is 1. The highest BCUT2D eigenvalue weighted by molar-refractivity contribution is 5.92. The number of likely N-dealkylation sites (N-methyl/N-ethyl adjacent to an activating group) is 1. The van der Waals surface area contributed by atoms with Crippen LogP contribution in [0.3, 0.4) is 0 Å². The Balaban J connectivity index is 2.06. The molecule has 21 heavy (non-hydrogen) atoms. The van der Waals surface area contributed by atoms with E-state index in [-0.39, 0.29) is 12.5 Å². The van der Waals surface area contributed by atoms with Gasteiger partial charge in [0.2, 0.25) is 0 Å². The summed E-state index contributed by atoms with van der Waals surface area (Å²) >= 11 is 0. The Labute approximate surface area is 125 Å². The monoisotopic (exact) mass is 287 g/mol. The Hall–Kier alpha value is -1.90. The van der Waals surface area contributed by atoms with Gasteiger partial charge < -0.3 is 10.0 Å². The maximum Gasteiger partial charge on any atom is 0.272 e. The maximum atomic E-state index is 12.5. The van der Waals surface area contributed by atoms with Crippen LogP contribution in [0.15, 0.2) is 18.3 Å². The van der Waals surface area contributed by atoms with Gasteiger partial charge in [-0.15, -0.1) is 0 Å². The molecule has 1 aromatic rings. The maximum absolute atomic E-state index is 12.5. The van der Waals surface area contributed by atoms with Crippen molar-refractivity contribution in [2.75, 3.05) is 33.3 Å². The van der Waals surface area contributed by atoms with Gasteiger partial charge in [-0.3, -0.25) is 9.69 Å². The molecule has 0 bridgehead atoms. The molecule has 1 fully saturated rings. The Bertz CT molecular complexity index is 545. The summed E-state index contributed by atoms with van der Waals surface area (Å²) < 4.78 is 0. The van der Waals surface area contributed by atoms with Gasteiger partial charge in [-0.2, -0.15) is 0 Å². The average Bonchev–Trinajstić information content (AvgIpc) is 2.53. The SMILES string of the molecule is CCC1CN(C(=O)c2ccc(C#CCO)cn2)CCN1C. The molecule has 1 aromatic heterocycles. The molecular formula is C16H21N3O2. The number of nitrogens with zero attached hydrogens (tertiary/aromatic N) is 3. The van der Waals surface area contributed by atoms with Crippen LogP contribution in [0.2, 0.25) is 0 Å². The van der Waals surface area contributed by atoms with Crippen molar-refractivity contribution < 1.29 is 9.90 Å². The van der Waals surface area contributed by atoms with Crippen molar-refractivity contribution in [2.24, 2.45) is 0 Å². The van der Waals surface area contributed by atoms with Gasteiger partial charge in [0, 0.05) is 37.4 Å². The molecule has 1 N–H and O–H groups in total. The Morgan fingerprint density at radius 1 is 1.48 bits per heavy atom. The molecule has 2 heterocycles. The Morgan fingerprint density at radius 2 is 2.29 bits per heavy atom. The molecule has 1 saturated heterocycles. The number of aliphatic hydroxyl groups is 1. The van der Waals surface area contributed by atoms with Crippen LogP contribution < -0.4 is 0 Å². The third kappa shape index (κ3) is 3.81. The highest BCUT2D eigenvalue weighted by Crippen LogP contribution is 2.13. The summed E-state index contributed by atoms with van der Waals surface area (Å²) in [5.41, 5.74) is 1.15. The van der Waals surface area contributed by atoms with Crippen molar-refractivity contribution in [1.29, 1.82) is 0 Å². The Morgan fingerprint density at radius 3 is 2.90 bits per heavy atom. The number of hydrogen-bond donors (Lipinski definition) is 1. The first-order chi connectivity index (χ1) is 10.2. The second-order valence-corrected chi connectivity index (χ2v) is 5.19. The molecule has 0 spiro atoms. The lowest BCUT2D eigenvalue weighted by atomic mass is 10.1. The molecule has 1 atom stereocenters. The molecule has 1 unspecified atom stereocenters. The van der Waals surface area contributed by atoms with E-state index >= 15 is 0 Å². The van der Waals surface area contributed by atoms with Crippen molar-refractivity contribution in [3.05, 3.63) is 29.6 Å². The molecule has 1 amide bonds. The van der Waals surface area contributed by atoms with E-state index < -0.39 is 0 Å². The molecule has 0 aliphatic carbocycles. The first kappa shape index (κ1) is 15.5. The summed E-state index contributed by atoms with van der Waals surface area (Å²) in [4.78, 5) is 20.8. The molecule has 112 valence electrons. The van der Waals surface area contributed by atoms with Crippen LogP contribution in [0.5, 0.6) is 0 Å². The highest BCUT2D eigenvalue weighted by Gasteiger charge is 2.27. The van der Waals surface area contributed by atoms with E-state index in [9.17, 15) is 4.79 Å². The van der Waals surface area contributed by atoms with Gasteiger partial charge in [0.1, 0.15) is 12.3 Å². The Kier molecular flexibility index (Phi) is 5.32. The fourth-order valence-corrected chi connectivity index (χ4v) is 2.47. The summed E-state index contributed by atoms with van der Waals surface area (Å²) in [6, 6.07) is 3.87. The van der Waals surface area contributed by atoms with E-state index in [1.165, 1.54) is 0 Å². The van der Waals surface area contributed by atoms with E-state index in [4.69, 9.17) is 5.11 Å². The van der Waals surface area contributed by atoms with Crippen LogP contribution in [0.1, 0.15) is 29.4 Å². The second kappa shape index (κ2) is 7.21. The zero-order valence-corrected chi connectivity index (χ0v) is 12.5. The second-order valence-electron chi connectivity index (χ2n) is 5.19. The number of rotatable bonds is 2. The van der Waals surface area contributed by atoms with E-state index in [2.05, 4.69) is 35.7 Å². The minimum absolute atomic E-state index is 0.0248. The van der Waals surface area contributed by atoms with Crippen molar-refractivity contribution in [3.8, 4) is 11.8 Å². The lowest BCUT2D eigenvalue weighted by molar-refractivity contribution is 0.0536. The topological polar surface area (TPSA) is 56.7 Å². The molecular weight excluding hydrogens is 266 g/mol. The molecule has 5 nitrogen and oxygen atoms in total. The first-order valence-electron chi connectivity index (χ1n) is 7.21. The number of piperazine rings is 1. The molecule has 2 rings (SSSR count). The minimum Gasteiger partial charge on any atom is -0.384 e. The van der Waals surface area contributed by atoms with E-state index in [1.54, 1.807) is 18.3 Å². The fraction of sp³-hybridized carbons (Fsp3) is 0.500. The first-order valence-corrected chi connectivity index (χ1v) is 7.21. The molecule has 0 saturated carbocycles. The normalized spacial score (nSPS) is 19.0. The molecule has 5 heteroatoms. The van der Waals surface area contributed by atoms with Crippen LogP contribution >= 0.6 is 0 Å². The van der Waals surface area contributed by atoms with Gasteiger partial charge in [0.25, 0.3) is 5.91 Å². The third-order valence-corrected chi connectivity index (χ3v) is 3.83. The van der Waals surface area contributed by atoms with Crippen LogP contribution in [-0.2, 0) is 0 Å². The molecule has 1 aliphatic rings. The summed E-state index contributed by atoms with van der Waals surface area (Å²) in [5.74, 6) is 5.30. The largest absolute Gasteiger partial charge is 0.384 e. The molecule has 0 aromatic carbocycles. The number of hydrogen-bond acceptors (Lipinski definition) is 4. The third-order valence-electron chi connectivity index (χ3n) is 3.83. The van der Waals surface area contributed by atoms with Crippen LogP contribution in [0.25, 0.3) is 0 Å². The summed E-state index contributed by atoms with van der Waals surface area (Å²) in [7, 11) is 2.10.